The van der Waals surface area contributed by atoms with Gasteiger partial charge in [-0.05, 0) is 30.0 Å². The third-order valence-electron chi connectivity index (χ3n) is 0.938. The molecule has 0 saturated carbocycles. The molecule has 0 aromatic rings. The minimum atomic E-state index is 0.0741. The van der Waals surface area contributed by atoms with Crippen LogP contribution < -0.4 is 0 Å². The number of hydrogen-bond acceptors (Lipinski definition) is 1. The molecule has 0 aromatic carbocycles. The van der Waals surface area contributed by atoms with E-state index in [0.29, 0.717) is 6.54 Å². The lowest BCUT2D eigenvalue weighted by atomic mass is 10.2. The lowest BCUT2D eigenvalue weighted by molar-refractivity contribution is 0.617. The lowest BCUT2D eigenvalue weighted by Crippen LogP contribution is -2.13. The minimum Gasteiger partial charge on any atom is -0.130 e. The normalized spacial score (nSPS) is 14.3. The summed E-state index contributed by atoms with van der Waals surface area (Å²) in [4.78, 5) is 0. The predicted molar refractivity (Wildman–Crippen MR) is 43.0 cm³/mol. The topological polar surface area (TPSA) is 3.24 Å². The average molecular weight is 191 g/mol. The summed E-state index contributed by atoms with van der Waals surface area (Å²) in [5, 5.41) is 0.0741. The first-order valence-corrected chi connectivity index (χ1v) is 4.01. The van der Waals surface area contributed by atoms with Gasteiger partial charge < -0.3 is 0 Å². The van der Waals surface area contributed by atoms with Crippen LogP contribution in [0.2, 0.25) is 0 Å². The second-order valence-electron chi connectivity index (χ2n) is 1.87. The van der Waals surface area contributed by atoms with Crippen LogP contribution in [-0.2, 0) is 0 Å². The smallest absolute Gasteiger partial charge is 0.0490 e. The highest BCUT2D eigenvalue weighted by atomic mass is 35.5. The highest BCUT2D eigenvalue weighted by Crippen LogP contribution is 2.10. The minimum absolute atomic E-state index is 0.0741. The van der Waals surface area contributed by atoms with Crippen LogP contribution in [0.4, 0.5) is 0 Å². The third kappa shape index (κ3) is 6.72. The molecule has 0 N–H and O–H groups in total. The van der Waals surface area contributed by atoms with E-state index in [4.69, 9.17) is 35.2 Å². The molecular formula is C5H10Cl3N. The van der Waals surface area contributed by atoms with Crippen LogP contribution >= 0.6 is 35.2 Å². The molecular weight excluding hydrogens is 180 g/mol. The SMILES string of the molecule is CCCC(Cl)CN(Cl)Cl. The summed E-state index contributed by atoms with van der Waals surface area (Å²) < 4.78 is 1.06. The van der Waals surface area contributed by atoms with E-state index in [-0.39, 0.29) is 5.38 Å². The molecule has 0 spiro atoms. The number of hydrogen-bond donors (Lipinski definition) is 0. The number of rotatable bonds is 4. The zero-order valence-electron chi connectivity index (χ0n) is 5.28. The maximum Gasteiger partial charge on any atom is 0.0490 e. The molecule has 0 fully saturated rings. The molecule has 0 rings (SSSR count). The van der Waals surface area contributed by atoms with Gasteiger partial charge in [0.15, 0.2) is 0 Å². The molecule has 0 aliphatic heterocycles. The quantitative estimate of drug-likeness (QED) is 0.487. The Labute approximate surface area is 71.1 Å². The standard InChI is InChI=1S/C5H10Cl3N/c1-2-3-5(6)4-9(7)8/h5H,2-4H2,1H3. The zero-order valence-corrected chi connectivity index (χ0v) is 7.55. The van der Waals surface area contributed by atoms with E-state index in [1.807, 2.05) is 0 Å². The molecule has 0 saturated heterocycles. The Hall–Kier alpha value is 0.830. The fourth-order valence-electron chi connectivity index (χ4n) is 0.554. The molecule has 0 aliphatic rings. The van der Waals surface area contributed by atoms with Gasteiger partial charge in [0.25, 0.3) is 0 Å². The van der Waals surface area contributed by atoms with Crippen molar-refractivity contribution in [3.05, 3.63) is 0 Å². The van der Waals surface area contributed by atoms with Gasteiger partial charge in [-0.25, -0.2) is 0 Å². The molecule has 0 radical (unpaired) electrons. The summed E-state index contributed by atoms with van der Waals surface area (Å²) in [6.07, 6.45) is 2.02. The van der Waals surface area contributed by atoms with E-state index < -0.39 is 0 Å². The summed E-state index contributed by atoms with van der Waals surface area (Å²) in [5.74, 6) is 0. The predicted octanol–water partition coefficient (Wildman–Crippen LogP) is 3.00. The van der Waals surface area contributed by atoms with Crippen LogP contribution in [0.3, 0.4) is 0 Å². The molecule has 9 heavy (non-hydrogen) atoms. The molecule has 1 atom stereocenters. The lowest BCUT2D eigenvalue weighted by Gasteiger charge is -2.08. The summed E-state index contributed by atoms with van der Waals surface area (Å²) >= 11 is 16.4. The van der Waals surface area contributed by atoms with E-state index in [1.54, 1.807) is 0 Å². The summed E-state index contributed by atoms with van der Waals surface area (Å²) in [5.41, 5.74) is 0. The highest BCUT2D eigenvalue weighted by molar-refractivity contribution is 6.34. The fourth-order valence-corrected chi connectivity index (χ4v) is 1.38. The van der Waals surface area contributed by atoms with Crippen LogP contribution in [-0.4, -0.2) is 15.9 Å². The zero-order chi connectivity index (χ0) is 7.28. The summed E-state index contributed by atoms with van der Waals surface area (Å²) in [6.45, 7) is 2.60. The van der Waals surface area contributed by atoms with Crippen molar-refractivity contribution in [1.29, 1.82) is 0 Å². The molecule has 0 bridgehead atoms. The van der Waals surface area contributed by atoms with Gasteiger partial charge in [-0.2, -0.15) is 0 Å². The van der Waals surface area contributed by atoms with Gasteiger partial charge in [-0.3, -0.25) is 0 Å². The third-order valence-corrected chi connectivity index (χ3v) is 1.57. The van der Waals surface area contributed by atoms with Crippen molar-refractivity contribution in [2.24, 2.45) is 0 Å². The molecule has 0 aliphatic carbocycles. The van der Waals surface area contributed by atoms with Gasteiger partial charge in [0.2, 0.25) is 0 Å². The van der Waals surface area contributed by atoms with Crippen molar-refractivity contribution in [1.82, 2.24) is 3.94 Å². The monoisotopic (exact) mass is 189 g/mol. The molecule has 1 nitrogen and oxygen atoms in total. The highest BCUT2D eigenvalue weighted by Gasteiger charge is 2.05. The van der Waals surface area contributed by atoms with Gasteiger partial charge in [0.05, 0.1) is 0 Å². The molecule has 4 heteroatoms. The Morgan fingerprint density at radius 3 is 2.33 bits per heavy atom. The van der Waals surface area contributed by atoms with Gasteiger partial charge in [-0.15, -0.1) is 15.5 Å². The van der Waals surface area contributed by atoms with Crippen molar-refractivity contribution < 1.29 is 0 Å². The Kier molecular flexibility index (Phi) is 6.12. The summed E-state index contributed by atoms with van der Waals surface area (Å²) in [6, 6.07) is 0. The van der Waals surface area contributed by atoms with Crippen molar-refractivity contribution >= 4 is 35.2 Å². The molecule has 0 heterocycles. The van der Waals surface area contributed by atoms with Crippen LogP contribution in [0, 0.1) is 0 Å². The number of alkyl halides is 1. The number of nitrogens with zero attached hydrogens (tertiary/aromatic N) is 1. The van der Waals surface area contributed by atoms with Gasteiger partial charge in [0, 0.05) is 11.9 Å². The average Bonchev–Trinajstić information content (AvgIpc) is 1.63. The fraction of sp³-hybridized carbons (Fsp3) is 1.00. The first-order valence-electron chi connectivity index (χ1n) is 2.90. The molecule has 0 amide bonds. The second kappa shape index (κ2) is 5.60. The van der Waals surface area contributed by atoms with Gasteiger partial charge >= 0.3 is 0 Å². The first-order chi connectivity index (χ1) is 4.16. The van der Waals surface area contributed by atoms with Crippen molar-refractivity contribution in [3.63, 3.8) is 0 Å². The number of halogens is 3. The van der Waals surface area contributed by atoms with Crippen LogP contribution in [0.1, 0.15) is 19.8 Å². The van der Waals surface area contributed by atoms with Crippen molar-refractivity contribution in [2.75, 3.05) is 6.54 Å². The molecule has 1 unspecified atom stereocenters. The van der Waals surface area contributed by atoms with E-state index in [9.17, 15) is 0 Å². The summed E-state index contributed by atoms with van der Waals surface area (Å²) in [7, 11) is 0. The Morgan fingerprint density at radius 2 is 2.00 bits per heavy atom. The maximum absolute atomic E-state index is 5.77. The van der Waals surface area contributed by atoms with E-state index >= 15 is 0 Å². The van der Waals surface area contributed by atoms with Crippen LogP contribution in [0.5, 0.6) is 0 Å². The van der Waals surface area contributed by atoms with Crippen LogP contribution in [0.25, 0.3) is 0 Å². The van der Waals surface area contributed by atoms with Crippen molar-refractivity contribution in [2.45, 2.75) is 25.1 Å². The molecule has 56 valence electrons. The van der Waals surface area contributed by atoms with E-state index in [2.05, 4.69) is 6.92 Å². The Balaban J connectivity index is 3.15. The second-order valence-corrected chi connectivity index (χ2v) is 3.48. The van der Waals surface area contributed by atoms with Crippen molar-refractivity contribution in [3.8, 4) is 0 Å². The maximum atomic E-state index is 5.77. The van der Waals surface area contributed by atoms with Gasteiger partial charge in [0.1, 0.15) is 0 Å². The van der Waals surface area contributed by atoms with Crippen LogP contribution in [0.15, 0.2) is 0 Å². The Bertz CT molecular complexity index is 67.2. The Morgan fingerprint density at radius 1 is 1.44 bits per heavy atom. The first kappa shape index (κ1) is 9.83. The molecule has 0 aromatic heterocycles. The van der Waals surface area contributed by atoms with E-state index in [0.717, 1.165) is 16.8 Å². The van der Waals surface area contributed by atoms with E-state index in [1.165, 1.54) is 0 Å². The van der Waals surface area contributed by atoms with Gasteiger partial charge in [-0.1, -0.05) is 13.3 Å². The largest absolute Gasteiger partial charge is 0.130 e.